The van der Waals surface area contributed by atoms with Crippen molar-refractivity contribution >= 4 is 17.2 Å². The normalized spacial score (nSPS) is 10.8. The molecule has 0 aliphatic heterocycles. The number of benzene rings is 2. The molecule has 4 heteroatoms. The number of carbonyl (C=O) groups excluding carboxylic acids is 1. The van der Waals surface area contributed by atoms with Gasteiger partial charge in [-0.1, -0.05) is 6.07 Å². The van der Waals surface area contributed by atoms with Gasteiger partial charge in [0.15, 0.2) is 0 Å². The summed E-state index contributed by atoms with van der Waals surface area (Å²) < 4.78 is 21.0. The van der Waals surface area contributed by atoms with Gasteiger partial charge in [-0.3, -0.25) is 4.79 Å². The highest BCUT2D eigenvalue weighted by Gasteiger charge is 2.09. The molecule has 2 aromatic carbocycles. The van der Waals surface area contributed by atoms with Crippen LogP contribution in [0.15, 0.2) is 48.7 Å². The average Bonchev–Trinajstić information content (AvgIpc) is 2.92. The Morgan fingerprint density at radius 2 is 2.10 bits per heavy atom. The molecule has 0 atom stereocenters. The monoisotopic (exact) mass is 283 g/mol. The lowest BCUT2D eigenvalue weighted by atomic mass is 10.1. The van der Waals surface area contributed by atoms with Gasteiger partial charge in [0.25, 0.3) is 0 Å². The zero-order valence-corrected chi connectivity index (χ0v) is 11.5. The molecular formula is C17H14FNO2. The molecule has 1 heterocycles. The van der Waals surface area contributed by atoms with Gasteiger partial charge in [-0.05, 0) is 36.4 Å². The predicted octanol–water partition coefficient (Wildman–Crippen LogP) is 3.65. The first kappa shape index (κ1) is 13.4. The van der Waals surface area contributed by atoms with Gasteiger partial charge >= 0.3 is 0 Å². The zero-order valence-electron chi connectivity index (χ0n) is 11.5. The maximum absolute atomic E-state index is 13.7. The lowest BCUT2D eigenvalue weighted by Gasteiger charge is -2.11. The number of rotatable bonds is 4. The number of aromatic nitrogens is 1. The van der Waals surface area contributed by atoms with E-state index in [0.29, 0.717) is 23.2 Å². The van der Waals surface area contributed by atoms with Crippen molar-refractivity contribution in [3.05, 3.63) is 65.6 Å². The zero-order chi connectivity index (χ0) is 14.8. The van der Waals surface area contributed by atoms with Crippen LogP contribution in [-0.2, 0) is 6.54 Å². The maximum atomic E-state index is 13.7. The quantitative estimate of drug-likeness (QED) is 0.684. The second-order valence-corrected chi connectivity index (χ2v) is 4.81. The molecule has 0 amide bonds. The lowest BCUT2D eigenvalue weighted by molar-refractivity contribution is 0.112. The minimum absolute atomic E-state index is 0.236. The van der Waals surface area contributed by atoms with Crippen LogP contribution in [0.5, 0.6) is 5.75 Å². The molecule has 0 N–H and O–H groups in total. The Labute approximate surface area is 121 Å². The summed E-state index contributed by atoms with van der Waals surface area (Å²) in [6.45, 7) is 0.512. The van der Waals surface area contributed by atoms with E-state index < -0.39 is 0 Å². The van der Waals surface area contributed by atoms with Crippen molar-refractivity contribution in [3.8, 4) is 5.75 Å². The molecule has 0 spiro atoms. The van der Waals surface area contributed by atoms with E-state index >= 15 is 0 Å². The second kappa shape index (κ2) is 5.40. The van der Waals surface area contributed by atoms with Gasteiger partial charge in [0, 0.05) is 22.7 Å². The summed E-state index contributed by atoms with van der Waals surface area (Å²) in [5.41, 5.74) is 2.28. The molecule has 0 radical (unpaired) electrons. The van der Waals surface area contributed by atoms with Gasteiger partial charge in [0.05, 0.1) is 19.2 Å². The molecule has 3 aromatic rings. The summed E-state index contributed by atoms with van der Waals surface area (Å²) >= 11 is 0. The highest BCUT2D eigenvalue weighted by Crippen LogP contribution is 2.24. The van der Waals surface area contributed by atoms with E-state index in [2.05, 4.69) is 0 Å². The van der Waals surface area contributed by atoms with Gasteiger partial charge in [-0.25, -0.2) is 4.39 Å². The van der Waals surface area contributed by atoms with Crippen molar-refractivity contribution < 1.29 is 13.9 Å². The molecule has 0 fully saturated rings. The van der Waals surface area contributed by atoms with Crippen LogP contribution >= 0.6 is 0 Å². The van der Waals surface area contributed by atoms with E-state index in [9.17, 15) is 9.18 Å². The minimum atomic E-state index is -0.236. The largest absolute Gasteiger partial charge is 0.496 e. The van der Waals surface area contributed by atoms with Crippen molar-refractivity contribution in [2.45, 2.75) is 6.54 Å². The predicted molar refractivity (Wildman–Crippen MR) is 79.4 cm³/mol. The first-order valence-corrected chi connectivity index (χ1v) is 6.58. The van der Waals surface area contributed by atoms with E-state index in [1.54, 1.807) is 37.4 Å². The summed E-state index contributed by atoms with van der Waals surface area (Å²) in [6.07, 6.45) is 2.64. The smallest absolute Gasteiger partial charge is 0.150 e. The number of methoxy groups -OCH3 is 1. The van der Waals surface area contributed by atoms with E-state index in [0.717, 1.165) is 17.4 Å². The standard InChI is InChI=1S/C17H14FNO2/c1-21-17-6-5-12(11-20)9-13(17)10-19-8-7-14-15(18)3-2-4-16(14)19/h2-9,11H,10H2,1H3. The first-order chi connectivity index (χ1) is 10.2. The topological polar surface area (TPSA) is 31.2 Å². The van der Waals surface area contributed by atoms with Gasteiger partial charge in [0.1, 0.15) is 17.9 Å². The van der Waals surface area contributed by atoms with Gasteiger partial charge < -0.3 is 9.30 Å². The SMILES string of the molecule is COc1ccc(C=O)cc1Cn1ccc2c(F)cccc21. The molecule has 0 saturated carbocycles. The highest BCUT2D eigenvalue weighted by molar-refractivity contribution is 5.81. The van der Waals surface area contributed by atoms with E-state index in [1.807, 2.05) is 16.8 Å². The Morgan fingerprint density at radius 1 is 1.24 bits per heavy atom. The molecule has 0 aliphatic rings. The second-order valence-electron chi connectivity index (χ2n) is 4.81. The number of nitrogens with zero attached hydrogens (tertiary/aromatic N) is 1. The minimum Gasteiger partial charge on any atom is -0.496 e. The molecule has 1 aromatic heterocycles. The van der Waals surface area contributed by atoms with Crippen LogP contribution in [0, 0.1) is 5.82 Å². The molecule has 21 heavy (non-hydrogen) atoms. The Hall–Kier alpha value is -2.62. The van der Waals surface area contributed by atoms with Crippen LogP contribution < -0.4 is 4.74 Å². The number of hydrogen-bond acceptors (Lipinski definition) is 2. The van der Waals surface area contributed by atoms with Gasteiger partial charge in [-0.15, -0.1) is 0 Å². The van der Waals surface area contributed by atoms with Crippen molar-refractivity contribution in [1.29, 1.82) is 0 Å². The molecule has 0 unspecified atom stereocenters. The summed E-state index contributed by atoms with van der Waals surface area (Å²) in [6, 6.07) is 12.0. The number of ether oxygens (including phenoxy) is 1. The Balaban J connectivity index is 2.06. The summed E-state index contributed by atoms with van der Waals surface area (Å²) in [7, 11) is 1.59. The Morgan fingerprint density at radius 3 is 2.86 bits per heavy atom. The van der Waals surface area contributed by atoms with Crippen molar-refractivity contribution in [3.63, 3.8) is 0 Å². The molecular weight excluding hydrogens is 269 g/mol. The van der Waals surface area contributed by atoms with Crippen molar-refractivity contribution in [1.82, 2.24) is 4.57 Å². The van der Waals surface area contributed by atoms with E-state index in [4.69, 9.17) is 4.74 Å². The highest BCUT2D eigenvalue weighted by atomic mass is 19.1. The number of halogens is 1. The van der Waals surface area contributed by atoms with Crippen molar-refractivity contribution in [2.24, 2.45) is 0 Å². The number of carbonyl (C=O) groups is 1. The van der Waals surface area contributed by atoms with Gasteiger partial charge in [0.2, 0.25) is 0 Å². The molecule has 0 aliphatic carbocycles. The molecule has 0 saturated heterocycles. The van der Waals surface area contributed by atoms with Crippen LogP contribution in [0.25, 0.3) is 10.9 Å². The third-order valence-corrected chi connectivity index (χ3v) is 3.54. The molecule has 106 valence electrons. The number of hydrogen-bond donors (Lipinski definition) is 0. The third kappa shape index (κ3) is 2.40. The Bertz CT molecular complexity index is 808. The number of aldehydes is 1. The Kier molecular flexibility index (Phi) is 3.44. The summed E-state index contributed by atoms with van der Waals surface area (Å²) in [5, 5.41) is 0.586. The van der Waals surface area contributed by atoms with Crippen LogP contribution in [0.3, 0.4) is 0 Å². The lowest BCUT2D eigenvalue weighted by Crippen LogP contribution is -2.01. The van der Waals surface area contributed by atoms with Gasteiger partial charge in [-0.2, -0.15) is 0 Å². The van der Waals surface area contributed by atoms with Crippen molar-refractivity contribution in [2.75, 3.05) is 7.11 Å². The van der Waals surface area contributed by atoms with E-state index in [-0.39, 0.29) is 5.82 Å². The summed E-state index contributed by atoms with van der Waals surface area (Å²) in [4.78, 5) is 10.9. The fourth-order valence-electron chi connectivity index (χ4n) is 2.50. The van der Waals surface area contributed by atoms with Crippen LogP contribution in [-0.4, -0.2) is 18.0 Å². The molecule has 3 rings (SSSR count). The maximum Gasteiger partial charge on any atom is 0.150 e. The van der Waals surface area contributed by atoms with E-state index in [1.165, 1.54) is 6.07 Å². The first-order valence-electron chi connectivity index (χ1n) is 6.58. The molecule has 0 bridgehead atoms. The van der Waals surface area contributed by atoms with Crippen LogP contribution in [0.4, 0.5) is 4.39 Å². The fraction of sp³-hybridized carbons (Fsp3) is 0.118. The fourth-order valence-corrected chi connectivity index (χ4v) is 2.50. The molecule has 3 nitrogen and oxygen atoms in total. The van der Waals surface area contributed by atoms with Crippen LogP contribution in [0.2, 0.25) is 0 Å². The summed E-state index contributed by atoms with van der Waals surface area (Å²) in [5.74, 6) is 0.471. The average molecular weight is 283 g/mol. The third-order valence-electron chi connectivity index (χ3n) is 3.54. The number of fused-ring (bicyclic) bond motifs is 1. The van der Waals surface area contributed by atoms with Crippen LogP contribution in [0.1, 0.15) is 15.9 Å².